The van der Waals surface area contributed by atoms with E-state index in [1.165, 1.54) is 11.9 Å². The predicted octanol–water partition coefficient (Wildman–Crippen LogP) is 3.57. The largest absolute Gasteiger partial charge is 0.380 e. The molecular formula is C22H27N5O3S. The molecule has 3 rings (SSSR count). The fraction of sp³-hybridized carbons (Fsp3) is 0.364. The minimum Gasteiger partial charge on any atom is -0.380 e. The molecule has 1 aromatic heterocycles. The Kier molecular flexibility index (Phi) is 8.71. The Morgan fingerprint density at radius 1 is 1.00 bits per heavy atom. The summed E-state index contributed by atoms with van der Waals surface area (Å²) < 4.78 is 2.79. The Bertz CT molecular complexity index is 997. The molecule has 1 aliphatic carbocycles. The number of unbranched alkanes of at least 4 members (excludes halogenated alkanes) is 3. The summed E-state index contributed by atoms with van der Waals surface area (Å²) in [6.45, 7) is 0.631. The van der Waals surface area contributed by atoms with Crippen molar-refractivity contribution in [2.24, 2.45) is 0 Å². The molecule has 0 aliphatic heterocycles. The van der Waals surface area contributed by atoms with Crippen molar-refractivity contribution in [1.82, 2.24) is 15.0 Å². The number of nitrogens with one attached hydrogen (secondary N) is 4. The van der Waals surface area contributed by atoms with Crippen LogP contribution in [0, 0.1) is 0 Å². The van der Waals surface area contributed by atoms with Crippen LogP contribution in [0.4, 0.5) is 21.9 Å². The lowest BCUT2D eigenvalue weighted by atomic mass is 10.1. The van der Waals surface area contributed by atoms with E-state index in [0.717, 1.165) is 55.7 Å². The van der Waals surface area contributed by atoms with Crippen LogP contribution in [0.5, 0.6) is 0 Å². The third kappa shape index (κ3) is 6.99. The summed E-state index contributed by atoms with van der Waals surface area (Å²) in [5, 5.41) is 8.87. The van der Waals surface area contributed by atoms with Crippen molar-refractivity contribution in [2.45, 2.75) is 38.5 Å². The standard InChI is InChI=1S/C22H27N5O3S/c28-20-18(19(21(20)29)25-17-10-13-23-14-11-17)24-12-6-1-2-7-15-31-27-22(30)26-16-8-4-3-5-9-16/h4,8-11,13-14,24H,1-3,5-7,12,15H2,(H,23,25)(H2,26,27,30). The van der Waals surface area contributed by atoms with Crippen molar-refractivity contribution >= 4 is 35.0 Å². The zero-order valence-electron chi connectivity index (χ0n) is 17.3. The molecule has 31 heavy (non-hydrogen) atoms. The Morgan fingerprint density at radius 3 is 2.55 bits per heavy atom. The molecule has 4 N–H and O–H groups in total. The molecule has 164 valence electrons. The van der Waals surface area contributed by atoms with Gasteiger partial charge in [0.15, 0.2) is 0 Å². The molecule has 0 saturated carbocycles. The van der Waals surface area contributed by atoms with Crippen molar-refractivity contribution in [3.05, 3.63) is 68.9 Å². The Balaban J connectivity index is 1.24. The van der Waals surface area contributed by atoms with Gasteiger partial charge in [-0.25, -0.2) is 4.79 Å². The van der Waals surface area contributed by atoms with E-state index < -0.39 is 10.9 Å². The number of carbonyl (C=O) groups is 1. The summed E-state index contributed by atoms with van der Waals surface area (Å²) in [7, 11) is 0. The van der Waals surface area contributed by atoms with Crippen LogP contribution >= 0.6 is 11.9 Å². The molecule has 0 spiro atoms. The van der Waals surface area contributed by atoms with Gasteiger partial charge in [-0.15, -0.1) is 0 Å². The van der Waals surface area contributed by atoms with Gasteiger partial charge in [-0.3, -0.25) is 19.3 Å². The van der Waals surface area contributed by atoms with Crippen LogP contribution in [-0.2, 0) is 0 Å². The second kappa shape index (κ2) is 11.9. The number of aromatic nitrogens is 1. The zero-order valence-corrected chi connectivity index (χ0v) is 18.1. The second-order valence-corrected chi connectivity index (χ2v) is 8.06. The smallest absolute Gasteiger partial charge is 0.329 e. The molecule has 0 saturated heterocycles. The molecule has 1 heterocycles. The third-order valence-electron chi connectivity index (χ3n) is 4.75. The predicted molar refractivity (Wildman–Crippen MR) is 126 cm³/mol. The Hall–Kier alpha value is -3.07. The molecule has 0 bridgehead atoms. The number of hydrogen-bond acceptors (Lipinski definition) is 7. The van der Waals surface area contributed by atoms with E-state index in [9.17, 15) is 14.4 Å². The van der Waals surface area contributed by atoms with Crippen molar-refractivity contribution in [1.29, 1.82) is 0 Å². The molecule has 0 unspecified atom stereocenters. The first-order chi connectivity index (χ1) is 15.1. The monoisotopic (exact) mass is 441 g/mol. The number of carbonyl (C=O) groups excluding carboxylic acids is 1. The third-order valence-corrected chi connectivity index (χ3v) is 5.58. The molecule has 0 radical (unpaired) electrons. The number of amides is 2. The zero-order chi connectivity index (χ0) is 21.9. The molecule has 2 amide bonds. The maximum Gasteiger partial charge on any atom is 0.329 e. The highest BCUT2D eigenvalue weighted by Gasteiger charge is 2.20. The van der Waals surface area contributed by atoms with Gasteiger partial charge in [0.1, 0.15) is 11.4 Å². The van der Waals surface area contributed by atoms with Gasteiger partial charge in [0, 0.05) is 36.1 Å². The lowest BCUT2D eigenvalue weighted by Crippen LogP contribution is -2.36. The van der Waals surface area contributed by atoms with E-state index in [4.69, 9.17) is 0 Å². The number of pyridine rings is 1. The van der Waals surface area contributed by atoms with Crippen molar-refractivity contribution < 1.29 is 4.79 Å². The highest BCUT2D eigenvalue weighted by atomic mass is 32.2. The molecule has 1 aromatic carbocycles. The molecule has 1 aliphatic rings. The SMILES string of the molecule is O=C(NSCCCCCCNc1c(Nc2ccncc2)c(=O)c1=O)NC1=CCCC=C1. The van der Waals surface area contributed by atoms with Crippen molar-refractivity contribution in [3.8, 4) is 0 Å². The van der Waals surface area contributed by atoms with E-state index in [0.29, 0.717) is 17.9 Å². The Labute approximate surface area is 185 Å². The van der Waals surface area contributed by atoms with Crippen LogP contribution in [0.2, 0.25) is 0 Å². The number of anilines is 3. The van der Waals surface area contributed by atoms with E-state index in [1.807, 2.05) is 18.2 Å². The topological polar surface area (TPSA) is 112 Å². The second-order valence-electron chi connectivity index (χ2n) is 7.15. The quantitative estimate of drug-likeness (QED) is 0.226. The average molecular weight is 442 g/mol. The fourth-order valence-corrected chi connectivity index (χ4v) is 3.74. The van der Waals surface area contributed by atoms with Crippen LogP contribution in [0.25, 0.3) is 0 Å². The summed E-state index contributed by atoms with van der Waals surface area (Å²) in [6, 6.07) is 3.28. The number of urea groups is 1. The normalized spacial score (nSPS) is 13.0. The van der Waals surface area contributed by atoms with E-state index in [-0.39, 0.29) is 6.03 Å². The molecule has 8 nitrogen and oxygen atoms in total. The average Bonchev–Trinajstić information content (AvgIpc) is 2.80. The van der Waals surface area contributed by atoms with E-state index >= 15 is 0 Å². The highest BCUT2D eigenvalue weighted by molar-refractivity contribution is 7.97. The lowest BCUT2D eigenvalue weighted by molar-refractivity contribution is 0.249. The lowest BCUT2D eigenvalue weighted by Gasteiger charge is -2.14. The van der Waals surface area contributed by atoms with Crippen molar-refractivity contribution in [2.75, 3.05) is 22.9 Å². The summed E-state index contributed by atoms with van der Waals surface area (Å²) in [4.78, 5) is 39.3. The number of hydrogen-bond donors (Lipinski definition) is 4. The highest BCUT2D eigenvalue weighted by Crippen LogP contribution is 2.20. The van der Waals surface area contributed by atoms with Gasteiger partial charge < -0.3 is 16.0 Å². The first-order valence-electron chi connectivity index (χ1n) is 10.4. The summed E-state index contributed by atoms with van der Waals surface area (Å²) in [5.41, 5.74) is 1.27. The number of allylic oxidation sites excluding steroid dienone is 3. The molecule has 0 fully saturated rings. The van der Waals surface area contributed by atoms with Crippen LogP contribution in [0.1, 0.15) is 38.5 Å². The van der Waals surface area contributed by atoms with Gasteiger partial charge >= 0.3 is 6.03 Å². The fourth-order valence-electron chi connectivity index (χ4n) is 3.10. The van der Waals surface area contributed by atoms with Crippen LogP contribution in [0.3, 0.4) is 0 Å². The van der Waals surface area contributed by atoms with Crippen LogP contribution in [-0.4, -0.2) is 23.3 Å². The molecule has 2 aromatic rings. The van der Waals surface area contributed by atoms with Crippen LogP contribution < -0.4 is 31.5 Å². The first kappa shape index (κ1) is 22.6. The van der Waals surface area contributed by atoms with Gasteiger partial charge in [-0.2, -0.15) is 0 Å². The number of rotatable bonds is 12. The number of nitrogens with zero attached hydrogens (tertiary/aromatic N) is 1. The van der Waals surface area contributed by atoms with E-state index in [1.54, 1.807) is 24.5 Å². The van der Waals surface area contributed by atoms with Gasteiger partial charge in [0.25, 0.3) is 10.9 Å². The van der Waals surface area contributed by atoms with Gasteiger partial charge in [0.2, 0.25) is 0 Å². The maximum atomic E-state index is 11.8. The van der Waals surface area contributed by atoms with E-state index in [2.05, 4.69) is 25.7 Å². The summed E-state index contributed by atoms with van der Waals surface area (Å²) in [5.74, 6) is 0.841. The van der Waals surface area contributed by atoms with Gasteiger partial charge in [-0.1, -0.05) is 25.0 Å². The first-order valence-corrected chi connectivity index (χ1v) is 11.4. The van der Waals surface area contributed by atoms with Gasteiger partial charge in [-0.05, 0) is 55.8 Å². The molecule has 0 atom stereocenters. The molecular weight excluding hydrogens is 414 g/mol. The summed E-state index contributed by atoms with van der Waals surface area (Å²) >= 11 is 1.40. The summed E-state index contributed by atoms with van der Waals surface area (Å²) in [6.07, 6.45) is 15.1. The maximum absolute atomic E-state index is 11.8. The van der Waals surface area contributed by atoms with Crippen LogP contribution in [0.15, 0.2) is 58.0 Å². The minimum absolute atomic E-state index is 0.198. The van der Waals surface area contributed by atoms with Crippen molar-refractivity contribution in [3.63, 3.8) is 0 Å². The Morgan fingerprint density at radius 2 is 1.77 bits per heavy atom. The van der Waals surface area contributed by atoms with Gasteiger partial charge in [0.05, 0.1) is 0 Å². The minimum atomic E-state index is -0.497. The molecule has 9 heteroatoms.